The lowest BCUT2D eigenvalue weighted by Gasteiger charge is -2.35. The minimum atomic E-state index is -3.94. The average molecular weight is 638 g/mol. The SMILES string of the molecule is CCC(C)C(NC(=O)OCc1ccccc1)C(=O)N(Cc1ccccc1N(CCC(C)C)S(=O)(=O)c1ccccc1)C(O)CC. The molecule has 2 amide bonds. The zero-order valence-corrected chi connectivity index (χ0v) is 27.7. The van der Waals surface area contributed by atoms with Crippen LogP contribution in [0, 0.1) is 11.8 Å². The van der Waals surface area contributed by atoms with Gasteiger partial charge in [-0.05, 0) is 54.0 Å². The first kappa shape index (κ1) is 35.6. The largest absolute Gasteiger partial charge is 0.445 e. The van der Waals surface area contributed by atoms with Crippen LogP contribution in [0.3, 0.4) is 0 Å². The zero-order valence-electron chi connectivity index (χ0n) is 26.9. The van der Waals surface area contributed by atoms with Crippen LogP contribution >= 0.6 is 0 Å². The molecule has 0 spiro atoms. The summed E-state index contributed by atoms with van der Waals surface area (Å²) in [6.45, 7) is 9.80. The van der Waals surface area contributed by atoms with Crippen LogP contribution in [0.2, 0.25) is 0 Å². The summed E-state index contributed by atoms with van der Waals surface area (Å²) in [6, 6.07) is 23.6. The number of para-hydroxylation sites is 1. The lowest BCUT2D eigenvalue weighted by atomic mass is 9.97. The van der Waals surface area contributed by atoms with Crippen molar-refractivity contribution in [3.05, 3.63) is 96.1 Å². The second kappa shape index (κ2) is 17.0. The number of benzene rings is 3. The molecule has 3 rings (SSSR count). The third-order valence-corrected chi connectivity index (χ3v) is 9.64. The van der Waals surface area contributed by atoms with Crippen LogP contribution in [0.5, 0.6) is 0 Å². The number of alkyl carbamates (subject to hydrolysis) is 1. The molecule has 3 aromatic rings. The van der Waals surface area contributed by atoms with E-state index in [2.05, 4.69) is 5.32 Å². The highest BCUT2D eigenvalue weighted by atomic mass is 32.2. The van der Waals surface area contributed by atoms with Crippen LogP contribution in [0.15, 0.2) is 89.8 Å². The fourth-order valence-electron chi connectivity index (χ4n) is 4.84. The number of rotatable bonds is 16. The molecule has 3 atom stereocenters. The number of aliphatic hydroxyl groups is 1. The molecule has 45 heavy (non-hydrogen) atoms. The number of hydrogen-bond acceptors (Lipinski definition) is 6. The molecule has 0 fully saturated rings. The Labute approximate surface area is 268 Å². The molecule has 3 unspecified atom stereocenters. The maximum Gasteiger partial charge on any atom is 0.408 e. The van der Waals surface area contributed by atoms with E-state index in [0.717, 1.165) is 5.56 Å². The van der Waals surface area contributed by atoms with E-state index in [4.69, 9.17) is 4.74 Å². The van der Waals surface area contributed by atoms with Crippen LogP contribution in [0.4, 0.5) is 10.5 Å². The summed E-state index contributed by atoms with van der Waals surface area (Å²) < 4.78 is 34.7. The van der Waals surface area contributed by atoms with Crippen LogP contribution in [-0.2, 0) is 32.7 Å². The Morgan fingerprint density at radius 3 is 2.07 bits per heavy atom. The Balaban J connectivity index is 1.95. The number of ether oxygens (including phenoxy) is 1. The standard InChI is InChI=1S/C35H47N3O6S/c1-6-27(5)33(36-35(41)44-25-28-16-10-8-11-17-28)34(40)37(32(39)7-2)24-29-18-14-15-21-31(29)38(23-22-26(3)4)45(42,43)30-19-12-9-13-20-30/h8-21,26-27,32-33,39H,6-7,22-25H2,1-5H3,(H,36,41). The Kier molecular flexibility index (Phi) is 13.4. The summed E-state index contributed by atoms with van der Waals surface area (Å²) in [6.07, 6.45) is -0.475. The zero-order chi connectivity index (χ0) is 33.0. The van der Waals surface area contributed by atoms with Crippen molar-refractivity contribution in [3.63, 3.8) is 0 Å². The molecule has 0 aliphatic carbocycles. The molecule has 244 valence electrons. The molecular formula is C35H47N3O6S. The van der Waals surface area contributed by atoms with E-state index < -0.39 is 34.3 Å². The normalized spacial score (nSPS) is 13.5. The molecule has 0 saturated carbocycles. The van der Waals surface area contributed by atoms with E-state index in [1.807, 2.05) is 58.0 Å². The molecule has 0 bridgehead atoms. The van der Waals surface area contributed by atoms with Gasteiger partial charge < -0.3 is 20.1 Å². The molecule has 0 aliphatic heterocycles. The van der Waals surface area contributed by atoms with Crippen molar-refractivity contribution in [3.8, 4) is 0 Å². The average Bonchev–Trinajstić information content (AvgIpc) is 3.05. The van der Waals surface area contributed by atoms with Crippen molar-refractivity contribution in [1.29, 1.82) is 0 Å². The molecule has 0 heterocycles. The van der Waals surface area contributed by atoms with Crippen LogP contribution < -0.4 is 9.62 Å². The minimum Gasteiger partial charge on any atom is -0.445 e. The van der Waals surface area contributed by atoms with E-state index >= 15 is 0 Å². The van der Waals surface area contributed by atoms with Gasteiger partial charge in [0.25, 0.3) is 10.0 Å². The van der Waals surface area contributed by atoms with Crippen molar-refractivity contribution in [2.45, 2.75) is 84.2 Å². The second-order valence-electron chi connectivity index (χ2n) is 11.6. The summed E-state index contributed by atoms with van der Waals surface area (Å²) in [4.78, 5) is 28.5. The monoisotopic (exact) mass is 637 g/mol. The van der Waals surface area contributed by atoms with Crippen LogP contribution in [-0.4, -0.2) is 49.2 Å². The predicted octanol–water partition coefficient (Wildman–Crippen LogP) is 6.33. The van der Waals surface area contributed by atoms with Gasteiger partial charge in [-0.2, -0.15) is 0 Å². The quantitative estimate of drug-likeness (QED) is 0.178. The molecule has 9 nitrogen and oxygen atoms in total. The number of carbonyl (C=O) groups is 2. The number of amides is 2. The highest BCUT2D eigenvalue weighted by molar-refractivity contribution is 7.92. The molecule has 0 saturated heterocycles. The maximum absolute atomic E-state index is 14.1. The van der Waals surface area contributed by atoms with Gasteiger partial charge in [0.05, 0.1) is 17.1 Å². The lowest BCUT2D eigenvalue weighted by molar-refractivity contribution is -0.146. The van der Waals surface area contributed by atoms with Crippen LogP contribution in [0.1, 0.15) is 65.0 Å². The molecule has 0 aliphatic rings. The highest BCUT2D eigenvalue weighted by Crippen LogP contribution is 2.30. The van der Waals surface area contributed by atoms with Crippen molar-refractivity contribution < 1.29 is 27.9 Å². The summed E-state index contributed by atoms with van der Waals surface area (Å²) in [7, 11) is -3.94. The van der Waals surface area contributed by atoms with E-state index in [1.54, 1.807) is 61.5 Å². The fraction of sp³-hybridized carbons (Fsp3) is 0.429. The van der Waals surface area contributed by atoms with Gasteiger partial charge >= 0.3 is 6.09 Å². The topological polar surface area (TPSA) is 116 Å². The molecule has 3 aromatic carbocycles. The van der Waals surface area contributed by atoms with Gasteiger partial charge in [0.1, 0.15) is 18.9 Å². The van der Waals surface area contributed by atoms with Crippen molar-refractivity contribution >= 4 is 27.7 Å². The van der Waals surface area contributed by atoms with E-state index in [9.17, 15) is 23.1 Å². The summed E-state index contributed by atoms with van der Waals surface area (Å²) in [5, 5.41) is 13.8. The summed E-state index contributed by atoms with van der Waals surface area (Å²) >= 11 is 0. The van der Waals surface area contributed by atoms with Gasteiger partial charge in [-0.1, -0.05) is 108 Å². The number of hydrogen-bond donors (Lipinski definition) is 2. The van der Waals surface area contributed by atoms with Crippen molar-refractivity contribution in [1.82, 2.24) is 10.2 Å². The lowest BCUT2D eigenvalue weighted by Crippen LogP contribution is -2.54. The van der Waals surface area contributed by atoms with Gasteiger partial charge in [0.2, 0.25) is 5.91 Å². The number of anilines is 1. The van der Waals surface area contributed by atoms with Crippen molar-refractivity contribution in [2.75, 3.05) is 10.8 Å². The summed E-state index contributed by atoms with van der Waals surface area (Å²) in [5.41, 5.74) is 1.79. The number of carbonyl (C=O) groups excluding carboxylic acids is 2. The smallest absolute Gasteiger partial charge is 0.408 e. The number of sulfonamides is 1. The number of aliphatic hydroxyl groups excluding tert-OH is 1. The predicted molar refractivity (Wildman–Crippen MR) is 177 cm³/mol. The third kappa shape index (κ3) is 9.80. The Hall–Kier alpha value is -3.89. The minimum absolute atomic E-state index is 0.0465. The Bertz CT molecular complexity index is 1470. The first-order valence-corrected chi connectivity index (χ1v) is 17.0. The first-order chi connectivity index (χ1) is 21.5. The number of nitrogens with zero attached hydrogens (tertiary/aromatic N) is 2. The van der Waals surface area contributed by atoms with Gasteiger partial charge in [-0.15, -0.1) is 0 Å². The first-order valence-electron chi connectivity index (χ1n) is 15.6. The van der Waals surface area contributed by atoms with Gasteiger partial charge in [-0.3, -0.25) is 9.10 Å². The van der Waals surface area contributed by atoms with Gasteiger partial charge in [0, 0.05) is 6.54 Å². The third-order valence-electron chi connectivity index (χ3n) is 7.81. The number of nitrogens with one attached hydrogen (secondary N) is 1. The molecule has 10 heteroatoms. The Morgan fingerprint density at radius 2 is 1.47 bits per heavy atom. The summed E-state index contributed by atoms with van der Waals surface area (Å²) in [5.74, 6) is -0.510. The van der Waals surface area contributed by atoms with E-state index in [-0.39, 0.29) is 42.8 Å². The van der Waals surface area contributed by atoms with E-state index in [1.165, 1.54) is 9.21 Å². The van der Waals surface area contributed by atoms with Crippen molar-refractivity contribution in [2.24, 2.45) is 11.8 Å². The van der Waals surface area contributed by atoms with E-state index in [0.29, 0.717) is 24.1 Å². The Morgan fingerprint density at radius 1 is 0.867 bits per heavy atom. The van der Waals surface area contributed by atoms with Gasteiger partial charge in [-0.25, -0.2) is 13.2 Å². The van der Waals surface area contributed by atoms with Crippen LogP contribution in [0.25, 0.3) is 0 Å². The molecule has 0 aromatic heterocycles. The molecule has 0 radical (unpaired) electrons. The molecule has 2 N–H and O–H groups in total. The molecular weight excluding hydrogens is 590 g/mol. The van der Waals surface area contributed by atoms with Gasteiger partial charge in [0.15, 0.2) is 0 Å². The fourth-order valence-corrected chi connectivity index (χ4v) is 6.38. The maximum atomic E-state index is 14.1. The second-order valence-corrected chi connectivity index (χ2v) is 13.5. The highest BCUT2D eigenvalue weighted by Gasteiger charge is 2.34.